The fourth-order valence-corrected chi connectivity index (χ4v) is 4.53. The van der Waals surface area contributed by atoms with E-state index in [9.17, 15) is 0 Å². The first kappa shape index (κ1) is 17.3. The Hall–Kier alpha value is -0.550. The zero-order valence-electron chi connectivity index (χ0n) is 14.2. The van der Waals surface area contributed by atoms with Crippen molar-refractivity contribution in [2.24, 2.45) is 0 Å². The molecule has 3 nitrogen and oxygen atoms in total. The van der Waals surface area contributed by atoms with Crippen LogP contribution in [0.3, 0.4) is 0 Å². The van der Waals surface area contributed by atoms with Gasteiger partial charge in [-0.3, -0.25) is 4.72 Å². The Morgan fingerprint density at radius 1 is 1.13 bits per heavy atom. The first-order chi connectivity index (χ1) is 11.4. The van der Waals surface area contributed by atoms with Crippen molar-refractivity contribution < 1.29 is 4.74 Å². The molecule has 0 aromatic heterocycles. The van der Waals surface area contributed by atoms with Crippen molar-refractivity contribution in [3.05, 3.63) is 35.9 Å². The highest BCUT2D eigenvalue weighted by Gasteiger charge is 2.27. The number of hydrogen-bond donors (Lipinski definition) is 2. The SMILES string of the molecule is CSN[C@H]1CCCN[C@H]1CO[C@H]1CC[C@@H](c2ccccc2)CC1. The van der Waals surface area contributed by atoms with Gasteiger partial charge >= 0.3 is 0 Å². The molecular formula is C19H30N2OS. The predicted molar refractivity (Wildman–Crippen MR) is 98.9 cm³/mol. The quantitative estimate of drug-likeness (QED) is 0.777. The Morgan fingerprint density at radius 2 is 1.91 bits per heavy atom. The maximum Gasteiger partial charge on any atom is 0.0638 e. The van der Waals surface area contributed by atoms with E-state index in [0.29, 0.717) is 18.2 Å². The molecule has 1 aromatic carbocycles. The van der Waals surface area contributed by atoms with Crippen LogP contribution >= 0.6 is 11.9 Å². The molecule has 2 fully saturated rings. The van der Waals surface area contributed by atoms with Gasteiger partial charge in [0.25, 0.3) is 0 Å². The summed E-state index contributed by atoms with van der Waals surface area (Å²) in [4.78, 5) is 0. The summed E-state index contributed by atoms with van der Waals surface area (Å²) in [6.45, 7) is 1.97. The lowest BCUT2D eigenvalue weighted by atomic mass is 9.83. The highest BCUT2D eigenvalue weighted by Crippen LogP contribution is 2.34. The Bertz CT molecular complexity index is 446. The number of piperidine rings is 1. The summed E-state index contributed by atoms with van der Waals surface area (Å²) in [5, 5.41) is 3.63. The van der Waals surface area contributed by atoms with E-state index in [1.54, 1.807) is 11.9 Å². The van der Waals surface area contributed by atoms with Crippen LogP contribution in [0.15, 0.2) is 30.3 Å². The van der Waals surface area contributed by atoms with Crippen molar-refractivity contribution in [1.29, 1.82) is 0 Å². The molecule has 2 atom stereocenters. The normalized spacial score (nSPS) is 31.9. The zero-order chi connectivity index (χ0) is 15.9. The number of benzene rings is 1. The van der Waals surface area contributed by atoms with Gasteiger partial charge in [-0.25, -0.2) is 0 Å². The zero-order valence-corrected chi connectivity index (χ0v) is 15.0. The predicted octanol–water partition coefficient (Wildman–Crippen LogP) is 3.72. The van der Waals surface area contributed by atoms with E-state index in [4.69, 9.17) is 4.74 Å². The van der Waals surface area contributed by atoms with Gasteiger partial charge in [0.15, 0.2) is 0 Å². The van der Waals surface area contributed by atoms with Crippen molar-refractivity contribution in [1.82, 2.24) is 10.0 Å². The summed E-state index contributed by atoms with van der Waals surface area (Å²) in [6, 6.07) is 12.0. The standard InChI is InChI=1S/C19H30N2OS/c1-23-21-18-8-5-13-20-19(18)14-22-17-11-9-16(10-12-17)15-6-3-2-4-7-15/h2-4,6-7,16-21H,5,8-14H2,1H3/t16-,17+,18-,19-/m0/s1. The number of nitrogens with one attached hydrogen (secondary N) is 2. The van der Waals surface area contributed by atoms with Crippen LogP contribution in [0.25, 0.3) is 0 Å². The van der Waals surface area contributed by atoms with E-state index in [1.807, 2.05) is 0 Å². The molecule has 128 valence electrons. The molecule has 23 heavy (non-hydrogen) atoms. The summed E-state index contributed by atoms with van der Waals surface area (Å²) in [6.07, 6.45) is 10.0. The molecule has 0 bridgehead atoms. The highest BCUT2D eigenvalue weighted by molar-refractivity contribution is 7.96. The van der Waals surface area contributed by atoms with Crippen LogP contribution < -0.4 is 10.0 Å². The molecule has 1 aromatic rings. The molecule has 1 saturated carbocycles. The van der Waals surface area contributed by atoms with Crippen LogP contribution in [0.2, 0.25) is 0 Å². The van der Waals surface area contributed by atoms with Gasteiger partial charge in [0.1, 0.15) is 0 Å². The summed E-state index contributed by atoms with van der Waals surface area (Å²) in [5.74, 6) is 0.731. The minimum atomic E-state index is 0.452. The largest absolute Gasteiger partial charge is 0.377 e. The molecule has 0 spiro atoms. The minimum absolute atomic E-state index is 0.452. The van der Waals surface area contributed by atoms with Gasteiger partial charge in [-0.05, 0) is 62.8 Å². The summed E-state index contributed by atoms with van der Waals surface area (Å²) in [7, 11) is 0. The Morgan fingerprint density at radius 3 is 2.65 bits per heavy atom. The van der Waals surface area contributed by atoms with E-state index < -0.39 is 0 Å². The third-order valence-electron chi connectivity index (χ3n) is 5.31. The maximum absolute atomic E-state index is 6.27. The smallest absolute Gasteiger partial charge is 0.0638 e. The van der Waals surface area contributed by atoms with Crippen molar-refractivity contribution in [2.75, 3.05) is 19.4 Å². The Kier molecular flexibility index (Phi) is 6.81. The van der Waals surface area contributed by atoms with Crippen LogP contribution in [0.5, 0.6) is 0 Å². The third kappa shape index (κ3) is 4.96. The van der Waals surface area contributed by atoms with Gasteiger partial charge in [0.2, 0.25) is 0 Å². The lowest BCUT2D eigenvalue weighted by Crippen LogP contribution is -2.52. The molecular weight excluding hydrogens is 304 g/mol. The molecule has 1 saturated heterocycles. The second kappa shape index (κ2) is 9.07. The minimum Gasteiger partial charge on any atom is -0.377 e. The molecule has 1 aliphatic carbocycles. The molecule has 0 amide bonds. The van der Waals surface area contributed by atoms with Gasteiger partial charge in [-0.15, -0.1) is 0 Å². The lowest BCUT2D eigenvalue weighted by Gasteiger charge is -2.35. The van der Waals surface area contributed by atoms with Crippen molar-refractivity contribution in [3.8, 4) is 0 Å². The fourth-order valence-electron chi connectivity index (χ4n) is 3.95. The van der Waals surface area contributed by atoms with E-state index in [0.717, 1.165) is 19.1 Å². The van der Waals surface area contributed by atoms with Crippen molar-refractivity contribution in [3.63, 3.8) is 0 Å². The van der Waals surface area contributed by atoms with Crippen LogP contribution in [0, 0.1) is 0 Å². The first-order valence-corrected chi connectivity index (χ1v) is 10.3. The van der Waals surface area contributed by atoms with Gasteiger partial charge in [-0.2, -0.15) is 0 Å². The van der Waals surface area contributed by atoms with Crippen LogP contribution in [0.1, 0.15) is 50.0 Å². The number of hydrogen-bond acceptors (Lipinski definition) is 4. The topological polar surface area (TPSA) is 33.3 Å². The Balaban J connectivity index is 1.42. The summed E-state index contributed by atoms with van der Waals surface area (Å²) < 4.78 is 9.80. The van der Waals surface area contributed by atoms with Crippen LogP contribution in [0.4, 0.5) is 0 Å². The highest BCUT2D eigenvalue weighted by atomic mass is 32.2. The molecule has 3 rings (SSSR count). The number of rotatable bonds is 6. The second-order valence-electron chi connectivity index (χ2n) is 6.85. The second-order valence-corrected chi connectivity index (χ2v) is 7.49. The van der Waals surface area contributed by atoms with Gasteiger partial charge in [0.05, 0.1) is 12.7 Å². The first-order valence-electron chi connectivity index (χ1n) is 9.05. The lowest BCUT2D eigenvalue weighted by molar-refractivity contribution is 0.00538. The molecule has 2 N–H and O–H groups in total. The number of ether oxygens (including phenoxy) is 1. The third-order valence-corrected chi connectivity index (χ3v) is 5.85. The molecule has 0 unspecified atom stereocenters. The molecule has 4 heteroatoms. The van der Waals surface area contributed by atoms with Crippen molar-refractivity contribution in [2.45, 2.75) is 62.6 Å². The monoisotopic (exact) mass is 334 g/mol. The van der Waals surface area contributed by atoms with Crippen LogP contribution in [-0.2, 0) is 4.74 Å². The molecule has 1 heterocycles. The maximum atomic E-state index is 6.27. The van der Waals surface area contributed by atoms with E-state index in [1.165, 1.54) is 44.1 Å². The summed E-state index contributed by atoms with van der Waals surface area (Å²) in [5.41, 5.74) is 1.50. The van der Waals surface area contributed by atoms with Crippen molar-refractivity contribution >= 4 is 11.9 Å². The Labute approximate surface area is 145 Å². The molecule has 2 aliphatic rings. The van der Waals surface area contributed by atoms with Gasteiger partial charge in [0, 0.05) is 12.1 Å². The van der Waals surface area contributed by atoms with E-state index >= 15 is 0 Å². The van der Waals surface area contributed by atoms with Gasteiger partial charge < -0.3 is 10.1 Å². The summed E-state index contributed by atoms with van der Waals surface area (Å²) >= 11 is 1.73. The average molecular weight is 335 g/mol. The molecule has 0 radical (unpaired) electrons. The van der Waals surface area contributed by atoms with Gasteiger partial charge in [-0.1, -0.05) is 42.3 Å². The fraction of sp³-hybridized carbons (Fsp3) is 0.684. The average Bonchev–Trinajstić information content (AvgIpc) is 2.62. The molecule has 1 aliphatic heterocycles. The van der Waals surface area contributed by atoms with E-state index in [-0.39, 0.29) is 0 Å². The van der Waals surface area contributed by atoms with E-state index in [2.05, 4.69) is 46.6 Å². The van der Waals surface area contributed by atoms with Crippen LogP contribution in [-0.4, -0.2) is 37.6 Å².